The molecule has 5 heteroatoms. The summed E-state index contributed by atoms with van der Waals surface area (Å²) in [5.41, 5.74) is 0.938. The van der Waals surface area contributed by atoms with Gasteiger partial charge in [0.05, 0.1) is 24.3 Å². The number of fused-ring (bicyclic) bond motifs is 1. The highest BCUT2D eigenvalue weighted by atomic mass is 16.7. The molecule has 2 heterocycles. The molecule has 5 nitrogen and oxygen atoms in total. The van der Waals surface area contributed by atoms with Crippen LogP contribution >= 0.6 is 0 Å². The minimum absolute atomic E-state index is 0.211. The Balaban J connectivity index is 1.84. The first-order valence-corrected chi connectivity index (χ1v) is 5.42. The maximum atomic E-state index is 12.0. The first kappa shape index (κ1) is 10.4. The minimum atomic E-state index is -0.249. The molecule has 2 amide bonds. The third kappa shape index (κ3) is 1.64. The van der Waals surface area contributed by atoms with E-state index in [1.54, 1.807) is 24.3 Å². The van der Waals surface area contributed by atoms with Crippen LogP contribution in [0, 0.1) is 0 Å². The van der Waals surface area contributed by atoms with E-state index in [4.69, 9.17) is 9.47 Å². The van der Waals surface area contributed by atoms with Gasteiger partial charge in [0.1, 0.15) is 12.9 Å². The van der Waals surface area contributed by atoms with Crippen molar-refractivity contribution in [1.29, 1.82) is 0 Å². The first-order valence-electron chi connectivity index (χ1n) is 5.42. The Kier molecular flexibility index (Phi) is 2.42. The van der Waals surface area contributed by atoms with Crippen LogP contribution in [0.15, 0.2) is 24.3 Å². The normalized spacial score (nSPS) is 23.3. The molecule has 88 valence electrons. The zero-order chi connectivity index (χ0) is 11.8. The smallest absolute Gasteiger partial charge is 0.261 e. The Morgan fingerprint density at radius 1 is 1.18 bits per heavy atom. The summed E-state index contributed by atoms with van der Waals surface area (Å²) in [7, 11) is 0. The molecule has 0 saturated carbocycles. The topological polar surface area (TPSA) is 55.8 Å². The number of nitrogens with zero attached hydrogens (tertiary/aromatic N) is 1. The van der Waals surface area contributed by atoms with Gasteiger partial charge in [-0.05, 0) is 12.1 Å². The molecule has 2 aliphatic heterocycles. The van der Waals surface area contributed by atoms with Gasteiger partial charge in [-0.25, -0.2) is 0 Å². The molecule has 0 aromatic heterocycles. The molecular weight excluding hydrogens is 222 g/mol. The lowest BCUT2D eigenvalue weighted by molar-refractivity contribution is 0.0318. The number of benzene rings is 1. The molecule has 1 unspecified atom stereocenters. The van der Waals surface area contributed by atoms with Crippen LogP contribution in [0.25, 0.3) is 0 Å². The number of amides is 2. The summed E-state index contributed by atoms with van der Waals surface area (Å²) >= 11 is 0. The minimum Gasteiger partial charge on any atom is -0.353 e. The quantitative estimate of drug-likeness (QED) is 0.704. The van der Waals surface area contributed by atoms with E-state index in [9.17, 15) is 9.59 Å². The maximum absolute atomic E-state index is 12.0. The largest absolute Gasteiger partial charge is 0.353 e. The third-order valence-corrected chi connectivity index (χ3v) is 2.96. The van der Waals surface area contributed by atoms with Crippen LogP contribution in [-0.2, 0) is 9.47 Å². The Bertz CT molecular complexity index is 444. The fourth-order valence-electron chi connectivity index (χ4n) is 2.09. The average molecular weight is 233 g/mol. The van der Waals surface area contributed by atoms with Gasteiger partial charge in [0.15, 0.2) is 0 Å². The standard InChI is InChI=1S/C12H11NO4/c14-11-9-3-1-2-4-10(9)12(15)13(11)5-8-6-16-7-17-8/h1-4,8H,5-7H2. The lowest BCUT2D eigenvalue weighted by Gasteiger charge is -2.16. The van der Waals surface area contributed by atoms with Crippen LogP contribution in [0.2, 0.25) is 0 Å². The van der Waals surface area contributed by atoms with Crippen LogP contribution in [0.5, 0.6) is 0 Å². The molecule has 1 fully saturated rings. The predicted molar refractivity (Wildman–Crippen MR) is 57.5 cm³/mol. The lowest BCUT2D eigenvalue weighted by Crippen LogP contribution is -2.37. The number of carbonyl (C=O) groups excluding carboxylic acids is 2. The van der Waals surface area contributed by atoms with Crippen molar-refractivity contribution in [3.8, 4) is 0 Å². The molecule has 0 N–H and O–H groups in total. The second-order valence-electron chi connectivity index (χ2n) is 4.04. The number of rotatable bonds is 2. The third-order valence-electron chi connectivity index (χ3n) is 2.96. The van der Waals surface area contributed by atoms with Gasteiger partial charge < -0.3 is 9.47 Å². The van der Waals surface area contributed by atoms with Crippen LogP contribution in [-0.4, -0.2) is 42.8 Å². The van der Waals surface area contributed by atoms with E-state index in [0.29, 0.717) is 17.7 Å². The molecule has 0 radical (unpaired) electrons. The molecule has 0 spiro atoms. The Hall–Kier alpha value is -1.72. The van der Waals surface area contributed by atoms with Gasteiger partial charge in [-0.2, -0.15) is 0 Å². The number of hydrogen-bond donors (Lipinski definition) is 0. The zero-order valence-corrected chi connectivity index (χ0v) is 9.09. The maximum Gasteiger partial charge on any atom is 0.261 e. The lowest BCUT2D eigenvalue weighted by atomic mass is 10.1. The molecule has 2 aliphatic rings. The van der Waals surface area contributed by atoms with E-state index in [1.165, 1.54) is 4.90 Å². The molecule has 1 atom stereocenters. The van der Waals surface area contributed by atoms with Gasteiger partial charge >= 0.3 is 0 Å². The summed E-state index contributed by atoms with van der Waals surface area (Å²) in [6, 6.07) is 6.84. The van der Waals surface area contributed by atoms with Crippen molar-refractivity contribution in [2.24, 2.45) is 0 Å². The van der Waals surface area contributed by atoms with Crippen molar-refractivity contribution in [3.05, 3.63) is 35.4 Å². The van der Waals surface area contributed by atoms with Crippen molar-refractivity contribution in [2.75, 3.05) is 19.9 Å². The number of ether oxygens (including phenoxy) is 2. The van der Waals surface area contributed by atoms with Gasteiger partial charge in [-0.15, -0.1) is 0 Å². The van der Waals surface area contributed by atoms with Gasteiger partial charge in [0.2, 0.25) is 0 Å². The van der Waals surface area contributed by atoms with E-state index in [1.807, 2.05) is 0 Å². The van der Waals surface area contributed by atoms with Crippen molar-refractivity contribution >= 4 is 11.8 Å². The average Bonchev–Trinajstić information content (AvgIpc) is 2.94. The summed E-state index contributed by atoms with van der Waals surface area (Å²) in [4.78, 5) is 25.2. The molecule has 17 heavy (non-hydrogen) atoms. The first-order chi connectivity index (χ1) is 8.27. The van der Waals surface area contributed by atoms with E-state index in [2.05, 4.69) is 0 Å². The highest BCUT2D eigenvalue weighted by Gasteiger charge is 2.37. The fraction of sp³-hybridized carbons (Fsp3) is 0.333. The Morgan fingerprint density at radius 2 is 1.82 bits per heavy atom. The van der Waals surface area contributed by atoms with Crippen molar-refractivity contribution in [2.45, 2.75) is 6.10 Å². The highest BCUT2D eigenvalue weighted by molar-refractivity contribution is 6.21. The monoisotopic (exact) mass is 233 g/mol. The highest BCUT2D eigenvalue weighted by Crippen LogP contribution is 2.23. The number of carbonyl (C=O) groups is 2. The van der Waals surface area contributed by atoms with Crippen LogP contribution in [0.1, 0.15) is 20.7 Å². The molecule has 1 saturated heterocycles. The second kappa shape index (κ2) is 3.94. The summed E-state index contributed by atoms with van der Waals surface area (Å²) in [6.45, 7) is 0.910. The Morgan fingerprint density at radius 3 is 2.35 bits per heavy atom. The van der Waals surface area contributed by atoms with Crippen LogP contribution < -0.4 is 0 Å². The summed E-state index contributed by atoms with van der Waals surface area (Å²) in [5, 5.41) is 0. The van der Waals surface area contributed by atoms with Crippen molar-refractivity contribution in [1.82, 2.24) is 4.90 Å². The van der Waals surface area contributed by atoms with Crippen LogP contribution in [0.4, 0.5) is 0 Å². The van der Waals surface area contributed by atoms with Crippen molar-refractivity contribution in [3.63, 3.8) is 0 Å². The van der Waals surface area contributed by atoms with Gasteiger partial charge in [0.25, 0.3) is 11.8 Å². The number of imide groups is 1. The van der Waals surface area contributed by atoms with E-state index in [-0.39, 0.29) is 31.3 Å². The Labute approximate surface area is 97.9 Å². The van der Waals surface area contributed by atoms with Gasteiger partial charge in [-0.1, -0.05) is 12.1 Å². The SMILES string of the molecule is O=C1c2ccccc2C(=O)N1CC1COCO1. The summed E-state index contributed by atoms with van der Waals surface area (Å²) in [5.74, 6) is -0.498. The second-order valence-corrected chi connectivity index (χ2v) is 4.04. The zero-order valence-electron chi connectivity index (χ0n) is 9.09. The summed E-state index contributed by atoms with van der Waals surface area (Å²) in [6.07, 6.45) is -0.211. The molecule has 0 bridgehead atoms. The fourth-order valence-corrected chi connectivity index (χ4v) is 2.09. The molecule has 3 rings (SSSR count). The molecule has 1 aromatic rings. The number of hydrogen-bond acceptors (Lipinski definition) is 4. The van der Waals surface area contributed by atoms with E-state index in [0.717, 1.165) is 0 Å². The van der Waals surface area contributed by atoms with Crippen LogP contribution in [0.3, 0.4) is 0 Å². The van der Waals surface area contributed by atoms with Gasteiger partial charge in [0, 0.05) is 0 Å². The molecular formula is C12H11NO4. The van der Waals surface area contributed by atoms with Gasteiger partial charge in [-0.3, -0.25) is 14.5 Å². The molecule has 0 aliphatic carbocycles. The van der Waals surface area contributed by atoms with Crippen molar-refractivity contribution < 1.29 is 19.1 Å². The predicted octanol–water partition coefficient (Wildman–Crippen LogP) is 0.655. The summed E-state index contributed by atoms with van der Waals surface area (Å²) < 4.78 is 10.3. The van der Waals surface area contributed by atoms with E-state index < -0.39 is 0 Å². The molecule has 1 aromatic carbocycles. The van der Waals surface area contributed by atoms with E-state index >= 15 is 0 Å².